The Balaban J connectivity index is 1.43. The molecule has 4 heterocycles. The van der Waals surface area contributed by atoms with Crippen LogP contribution in [-0.2, 0) is 6.54 Å². The summed E-state index contributed by atoms with van der Waals surface area (Å²) in [5, 5.41) is 7.79. The summed E-state index contributed by atoms with van der Waals surface area (Å²) >= 11 is 0. The van der Waals surface area contributed by atoms with E-state index in [1.165, 1.54) is 6.07 Å². The second-order valence-corrected chi connectivity index (χ2v) is 9.52. The van der Waals surface area contributed by atoms with E-state index in [0.717, 1.165) is 55.5 Å². The van der Waals surface area contributed by atoms with E-state index in [1.807, 2.05) is 73.3 Å². The molecule has 39 heavy (non-hydrogen) atoms. The maximum Gasteiger partial charge on any atom is 0.162 e. The number of aryl methyl sites for hydroxylation is 2. The summed E-state index contributed by atoms with van der Waals surface area (Å²) in [6.45, 7) is 4.18. The molecule has 7 rings (SSSR count). The maximum absolute atomic E-state index is 15.0. The normalized spacial score (nSPS) is 11.6. The molecule has 0 bridgehead atoms. The highest BCUT2D eigenvalue weighted by Crippen LogP contribution is 2.33. The number of para-hydroxylation sites is 1. The number of hydrogen-bond acceptors (Lipinski definition) is 6. The Morgan fingerprint density at radius 3 is 2.49 bits per heavy atom. The number of pyridine rings is 1. The van der Waals surface area contributed by atoms with Gasteiger partial charge in [-0.3, -0.25) is 0 Å². The predicted octanol–water partition coefficient (Wildman–Crippen LogP) is 6.46. The van der Waals surface area contributed by atoms with Crippen LogP contribution in [0.25, 0.3) is 55.4 Å². The Kier molecular flexibility index (Phi) is 5.33. The quantitative estimate of drug-likeness (QED) is 0.270. The van der Waals surface area contributed by atoms with Gasteiger partial charge in [-0.2, -0.15) is 5.10 Å². The molecule has 4 aromatic heterocycles. The van der Waals surface area contributed by atoms with Crippen LogP contribution in [0.15, 0.2) is 85.3 Å². The second-order valence-electron chi connectivity index (χ2n) is 9.52. The number of hydrogen-bond donors (Lipinski definition) is 0. The molecule has 0 saturated heterocycles. The average molecular weight is 512 g/mol. The van der Waals surface area contributed by atoms with E-state index in [4.69, 9.17) is 10.1 Å². The van der Waals surface area contributed by atoms with Crippen molar-refractivity contribution in [1.82, 2.24) is 34.7 Å². The van der Waals surface area contributed by atoms with Crippen molar-refractivity contribution in [2.24, 2.45) is 0 Å². The van der Waals surface area contributed by atoms with Gasteiger partial charge in [-0.15, -0.1) is 0 Å². The lowest BCUT2D eigenvalue weighted by Crippen LogP contribution is -2.06. The Morgan fingerprint density at radius 2 is 1.59 bits per heavy atom. The number of aromatic nitrogens is 7. The van der Waals surface area contributed by atoms with Crippen molar-refractivity contribution in [1.29, 1.82) is 0 Å². The van der Waals surface area contributed by atoms with E-state index < -0.39 is 0 Å². The van der Waals surface area contributed by atoms with Crippen LogP contribution in [0.3, 0.4) is 0 Å². The molecule has 0 radical (unpaired) electrons. The maximum atomic E-state index is 15.0. The molecular weight excluding hydrogens is 489 g/mol. The van der Waals surface area contributed by atoms with E-state index in [1.54, 1.807) is 18.5 Å². The fourth-order valence-corrected chi connectivity index (χ4v) is 5.07. The topological polar surface area (TPSA) is 82.3 Å². The van der Waals surface area contributed by atoms with Gasteiger partial charge in [0.15, 0.2) is 5.65 Å². The summed E-state index contributed by atoms with van der Waals surface area (Å²) < 4.78 is 16.8. The molecule has 0 atom stereocenters. The Hall–Kier alpha value is -5.11. The van der Waals surface area contributed by atoms with Crippen molar-refractivity contribution in [3.05, 3.63) is 108 Å². The van der Waals surface area contributed by atoms with Crippen molar-refractivity contribution in [3.8, 4) is 22.5 Å². The van der Waals surface area contributed by atoms with Gasteiger partial charge in [-0.1, -0.05) is 36.4 Å². The zero-order valence-electron chi connectivity index (χ0n) is 21.3. The molecule has 8 heteroatoms. The molecule has 0 aliphatic heterocycles. The second kappa shape index (κ2) is 9.02. The van der Waals surface area contributed by atoms with E-state index >= 15 is 0 Å². The summed E-state index contributed by atoms with van der Waals surface area (Å²) in [7, 11) is 0. The molecule has 0 saturated carbocycles. The van der Waals surface area contributed by atoms with Gasteiger partial charge in [0.05, 0.1) is 34.4 Å². The van der Waals surface area contributed by atoms with Gasteiger partial charge in [0, 0.05) is 33.7 Å². The fourth-order valence-electron chi connectivity index (χ4n) is 5.07. The molecule has 0 amide bonds. The monoisotopic (exact) mass is 511 g/mol. The van der Waals surface area contributed by atoms with Crippen LogP contribution in [0, 0.1) is 19.7 Å². The summed E-state index contributed by atoms with van der Waals surface area (Å²) in [4.78, 5) is 22.8. The highest BCUT2D eigenvalue weighted by atomic mass is 19.1. The van der Waals surface area contributed by atoms with E-state index in [-0.39, 0.29) is 5.82 Å². The minimum absolute atomic E-state index is 0.320. The van der Waals surface area contributed by atoms with E-state index in [2.05, 4.69) is 26.0 Å². The Bertz CT molecular complexity index is 2050. The first-order valence-corrected chi connectivity index (χ1v) is 12.6. The van der Waals surface area contributed by atoms with Crippen molar-refractivity contribution in [3.63, 3.8) is 0 Å². The van der Waals surface area contributed by atoms with Crippen molar-refractivity contribution in [2.75, 3.05) is 0 Å². The number of fused-ring (bicyclic) bond motifs is 3. The van der Waals surface area contributed by atoms with Gasteiger partial charge < -0.3 is 0 Å². The van der Waals surface area contributed by atoms with Crippen LogP contribution in [-0.4, -0.2) is 34.7 Å². The van der Waals surface area contributed by atoms with Gasteiger partial charge in [0.25, 0.3) is 0 Å². The number of nitrogens with zero attached hydrogens (tertiary/aromatic N) is 7. The van der Waals surface area contributed by atoms with Crippen LogP contribution < -0.4 is 0 Å². The molecular formula is C31H22FN7. The lowest BCUT2D eigenvalue weighted by atomic mass is 10.0. The highest BCUT2D eigenvalue weighted by Gasteiger charge is 2.20. The Labute approximate surface area is 223 Å². The highest BCUT2D eigenvalue weighted by molar-refractivity contribution is 5.95. The summed E-state index contributed by atoms with van der Waals surface area (Å²) in [6.07, 6.45) is 3.37. The third-order valence-electron chi connectivity index (χ3n) is 6.94. The van der Waals surface area contributed by atoms with Crippen LogP contribution in [0.4, 0.5) is 4.39 Å². The lowest BCUT2D eigenvalue weighted by molar-refractivity contribution is 0.630. The Morgan fingerprint density at radius 1 is 0.769 bits per heavy atom. The molecule has 0 aliphatic carbocycles. The summed E-state index contributed by atoms with van der Waals surface area (Å²) in [5.41, 5.74) is 6.77. The first kappa shape index (κ1) is 23.0. The van der Waals surface area contributed by atoms with Crippen molar-refractivity contribution in [2.45, 2.75) is 20.4 Å². The predicted molar refractivity (Wildman–Crippen MR) is 150 cm³/mol. The molecule has 7 aromatic rings. The van der Waals surface area contributed by atoms with E-state index in [0.29, 0.717) is 23.4 Å². The van der Waals surface area contributed by atoms with Gasteiger partial charge >= 0.3 is 0 Å². The zero-order chi connectivity index (χ0) is 26.5. The van der Waals surface area contributed by atoms with Crippen LogP contribution in [0.1, 0.15) is 17.1 Å². The molecule has 188 valence electrons. The first-order valence-electron chi connectivity index (χ1n) is 12.6. The molecule has 0 N–H and O–H groups in total. The first-order chi connectivity index (χ1) is 19.0. The molecule has 0 spiro atoms. The van der Waals surface area contributed by atoms with Crippen LogP contribution in [0.5, 0.6) is 0 Å². The van der Waals surface area contributed by atoms with E-state index in [9.17, 15) is 4.39 Å². The van der Waals surface area contributed by atoms with Crippen molar-refractivity contribution >= 4 is 32.8 Å². The van der Waals surface area contributed by atoms with Crippen molar-refractivity contribution < 1.29 is 4.39 Å². The summed E-state index contributed by atoms with van der Waals surface area (Å²) in [5.74, 6) is 0.406. The largest absolute Gasteiger partial charge is 0.247 e. The molecule has 0 unspecified atom stereocenters. The van der Waals surface area contributed by atoms with Crippen LogP contribution in [0.2, 0.25) is 0 Å². The van der Waals surface area contributed by atoms with Gasteiger partial charge in [0.2, 0.25) is 0 Å². The SMILES string of the molecule is Cc1ncc2cc(-c3nn(Cc4cc5ccccc5nc4-c4ccccc4F)c4ncnc(C)c34)ccc2n1. The van der Waals surface area contributed by atoms with Gasteiger partial charge in [0.1, 0.15) is 23.7 Å². The number of halogens is 1. The lowest BCUT2D eigenvalue weighted by Gasteiger charge is -2.12. The third kappa shape index (κ3) is 3.97. The standard InChI is InChI=1S/C31H22FN7/c1-18-28-30(21-11-12-27-22(14-21)15-33-19(2)36-27)38-39(31(28)35-17-34-18)16-23-13-20-7-3-6-10-26(20)37-29(23)24-8-4-5-9-25(24)32/h3-15,17H,16H2,1-2H3. The van der Waals surface area contributed by atoms with Gasteiger partial charge in [-0.05, 0) is 50.2 Å². The average Bonchev–Trinajstić information content (AvgIpc) is 3.32. The minimum atomic E-state index is -0.320. The fraction of sp³-hybridized carbons (Fsp3) is 0.0968. The molecule has 3 aromatic carbocycles. The molecule has 0 fully saturated rings. The zero-order valence-corrected chi connectivity index (χ0v) is 21.3. The number of rotatable bonds is 4. The smallest absolute Gasteiger partial charge is 0.162 e. The van der Waals surface area contributed by atoms with Crippen LogP contribution >= 0.6 is 0 Å². The van der Waals surface area contributed by atoms with Gasteiger partial charge in [-0.25, -0.2) is 34.0 Å². The minimum Gasteiger partial charge on any atom is -0.247 e. The number of benzene rings is 3. The third-order valence-corrected chi connectivity index (χ3v) is 6.94. The molecule has 7 nitrogen and oxygen atoms in total. The molecule has 0 aliphatic rings. The summed E-state index contributed by atoms with van der Waals surface area (Å²) in [6, 6.07) is 22.7.